The number of aliphatic imine (C=N–C) groups is 1. The van der Waals surface area contributed by atoms with Crippen LogP contribution in [0.2, 0.25) is 0 Å². The molecule has 0 spiro atoms. The number of benzene rings is 1. The number of hydrogen-bond donors (Lipinski definition) is 2. The van der Waals surface area contributed by atoms with E-state index in [2.05, 4.69) is 61.8 Å². The van der Waals surface area contributed by atoms with Crippen LogP contribution in [0.1, 0.15) is 55.9 Å². The molecule has 1 atom stereocenters. The Bertz CT molecular complexity index is 838. The number of hydrogen-bond acceptors (Lipinski definition) is 4. The van der Waals surface area contributed by atoms with E-state index in [1.54, 1.807) is 0 Å². The van der Waals surface area contributed by atoms with E-state index >= 15 is 0 Å². The van der Waals surface area contributed by atoms with Crippen molar-refractivity contribution < 1.29 is 0 Å². The molecule has 0 radical (unpaired) electrons. The van der Waals surface area contributed by atoms with E-state index < -0.39 is 0 Å². The molecule has 0 bridgehead atoms. The Kier molecular flexibility index (Phi) is 7.96. The maximum absolute atomic E-state index is 4.60. The molecule has 2 aliphatic heterocycles. The Hall–Kier alpha value is -1.84. The third-order valence-corrected chi connectivity index (χ3v) is 6.06. The minimum Gasteiger partial charge on any atom is -0.372 e. The molecular formula is C22H34IN7. The molecule has 30 heavy (non-hydrogen) atoms. The molecule has 1 aromatic heterocycles. The number of nitrogens with zero attached hydrogens (tertiary/aromatic N) is 5. The van der Waals surface area contributed by atoms with Gasteiger partial charge >= 0.3 is 0 Å². The van der Waals surface area contributed by atoms with Gasteiger partial charge < -0.3 is 15.5 Å². The Balaban J connectivity index is 0.00000256. The first kappa shape index (κ1) is 22.8. The minimum atomic E-state index is 0. The number of rotatable bonds is 4. The van der Waals surface area contributed by atoms with Crippen molar-refractivity contribution in [3.63, 3.8) is 0 Å². The summed E-state index contributed by atoms with van der Waals surface area (Å²) in [5.74, 6) is 3.51. The van der Waals surface area contributed by atoms with Gasteiger partial charge in [-0.25, -0.2) is 9.67 Å². The Morgan fingerprint density at radius 1 is 1.13 bits per heavy atom. The minimum absolute atomic E-state index is 0. The molecule has 2 N–H and O–H groups in total. The molecule has 8 heteroatoms. The number of nitrogens with one attached hydrogen (secondary N) is 2. The normalized spacial score (nSPS) is 19.8. The van der Waals surface area contributed by atoms with Crippen LogP contribution in [-0.2, 0) is 13.1 Å². The SMILES string of the molecule is CN=C(NCc1ccc(N2CCC(C)CC2)cc1)NC1CCCn2nc(C)nc21.I. The van der Waals surface area contributed by atoms with Crippen molar-refractivity contribution >= 4 is 35.6 Å². The van der Waals surface area contributed by atoms with Crippen molar-refractivity contribution in [2.45, 2.75) is 58.7 Å². The fourth-order valence-electron chi connectivity index (χ4n) is 4.24. The summed E-state index contributed by atoms with van der Waals surface area (Å²) >= 11 is 0. The summed E-state index contributed by atoms with van der Waals surface area (Å²) in [6, 6.07) is 9.08. The van der Waals surface area contributed by atoms with Crippen LogP contribution in [0.15, 0.2) is 29.3 Å². The van der Waals surface area contributed by atoms with Crippen molar-refractivity contribution in [3.05, 3.63) is 41.5 Å². The lowest BCUT2D eigenvalue weighted by molar-refractivity contribution is 0.397. The smallest absolute Gasteiger partial charge is 0.191 e. The van der Waals surface area contributed by atoms with Gasteiger partial charge in [-0.3, -0.25) is 4.99 Å². The van der Waals surface area contributed by atoms with Crippen molar-refractivity contribution in [1.82, 2.24) is 25.4 Å². The predicted molar refractivity (Wildman–Crippen MR) is 133 cm³/mol. The van der Waals surface area contributed by atoms with Crippen LogP contribution >= 0.6 is 24.0 Å². The van der Waals surface area contributed by atoms with E-state index in [9.17, 15) is 0 Å². The van der Waals surface area contributed by atoms with Gasteiger partial charge in [0.05, 0.1) is 6.04 Å². The number of guanidine groups is 1. The lowest BCUT2D eigenvalue weighted by atomic mass is 9.99. The molecular weight excluding hydrogens is 489 g/mol. The van der Waals surface area contributed by atoms with Crippen LogP contribution < -0.4 is 15.5 Å². The number of aryl methyl sites for hydroxylation is 2. The lowest BCUT2D eigenvalue weighted by Crippen LogP contribution is -2.41. The molecule has 2 aromatic rings. The van der Waals surface area contributed by atoms with Crippen LogP contribution in [0.5, 0.6) is 0 Å². The summed E-state index contributed by atoms with van der Waals surface area (Å²) in [5.41, 5.74) is 2.59. The van der Waals surface area contributed by atoms with E-state index in [0.29, 0.717) is 0 Å². The van der Waals surface area contributed by atoms with Crippen LogP contribution in [-0.4, -0.2) is 40.9 Å². The van der Waals surface area contributed by atoms with Gasteiger partial charge in [-0.05, 0) is 56.2 Å². The fourth-order valence-corrected chi connectivity index (χ4v) is 4.24. The molecule has 1 fully saturated rings. The maximum atomic E-state index is 4.60. The third kappa shape index (κ3) is 5.44. The molecule has 0 aliphatic carbocycles. The number of halogens is 1. The largest absolute Gasteiger partial charge is 0.372 e. The molecule has 7 nitrogen and oxygen atoms in total. The van der Waals surface area contributed by atoms with E-state index in [4.69, 9.17) is 0 Å². The summed E-state index contributed by atoms with van der Waals surface area (Å²) in [7, 11) is 1.81. The van der Waals surface area contributed by atoms with Crippen LogP contribution in [0.25, 0.3) is 0 Å². The third-order valence-electron chi connectivity index (χ3n) is 6.06. The first-order chi connectivity index (χ1) is 14.1. The maximum Gasteiger partial charge on any atom is 0.191 e. The summed E-state index contributed by atoms with van der Waals surface area (Å²) in [4.78, 5) is 11.5. The summed E-state index contributed by atoms with van der Waals surface area (Å²) in [5, 5.41) is 11.4. The van der Waals surface area contributed by atoms with Gasteiger partial charge in [-0.1, -0.05) is 19.1 Å². The molecule has 1 unspecified atom stereocenters. The van der Waals surface area contributed by atoms with Crippen molar-refractivity contribution in [2.75, 3.05) is 25.0 Å². The first-order valence-corrected chi connectivity index (χ1v) is 10.8. The van der Waals surface area contributed by atoms with Gasteiger partial charge in [0.25, 0.3) is 0 Å². The zero-order chi connectivity index (χ0) is 20.2. The molecule has 3 heterocycles. The standard InChI is InChI=1S/C22H33N7.HI/c1-16-10-13-28(14-11-16)19-8-6-18(7-9-19)15-24-22(23-3)26-20-5-4-12-29-21(20)25-17(2)27-29;/h6-9,16,20H,4-5,10-15H2,1-3H3,(H2,23,24,26);1H. The molecule has 164 valence electrons. The average molecular weight is 523 g/mol. The van der Waals surface area contributed by atoms with Gasteiger partial charge in [0, 0.05) is 38.9 Å². The Morgan fingerprint density at radius 2 is 1.87 bits per heavy atom. The quantitative estimate of drug-likeness (QED) is 0.364. The molecule has 1 aromatic carbocycles. The number of aromatic nitrogens is 3. The van der Waals surface area contributed by atoms with Crippen molar-refractivity contribution in [3.8, 4) is 0 Å². The summed E-state index contributed by atoms with van der Waals surface area (Å²) in [6.07, 6.45) is 4.72. The van der Waals surface area contributed by atoms with Crippen LogP contribution in [0, 0.1) is 12.8 Å². The van der Waals surface area contributed by atoms with Gasteiger partial charge in [0.2, 0.25) is 0 Å². The Labute approximate surface area is 196 Å². The summed E-state index contributed by atoms with van der Waals surface area (Å²) in [6.45, 7) is 8.33. The number of anilines is 1. The first-order valence-electron chi connectivity index (χ1n) is 10.8. The second-order valence-electron chi connectivity index (χ2n) is 8.34. The number of piperidine rings is 1. The zero-order valence-corrected chi connectivity index (χ0v) is 20.6. The van der Waals surface area contributed by atoms with E-state index in [0.717, 1.165) is 49.5 Å². The van der Waals surface area contributed by atoms with Gasteiger partial charge in [0.1, 0.15) is 11.6 Å². The highest BCUT2D eigenvalue weighted by molar-refractivity contribution is 14.0. The van der Waals surface area contributed by atoms with E-state index in [1.807, 2.05) is 18.7 Å². The molecule has 4 rings (SSSR count). The number of fused-ring (bicyclic) bond motifs is 1. The molecule has 1 saturated heterocycles. The Morgan fingerprint density at radius 3 is 2.57 bits per heavy atom. The summed E-state index contributed by atoms with van der Waals surface area (Å²) < 4.78 is 2.02. The van der Waals surface area contributed by atoms with Crippen molar-refractivity contribution in [2.24, 2.45) is 10.9 Å². The van der Waals surface area contributed by atoms with E-state index in [1.165, 1.54) is 37.2 Å². The average Bonchev–Trinajstić information content (AvgIpc) is 3.13. The fraction of sp³-hybridized carbons (Fsp3) is 0.591. The van der Waals surface area contributed by atoms with Crippen LogP contribution in [0.3, 0.4) is 0 Å². The molecule has 0 saturated carbocycles. The van der Waals surface area contributed by atoms with Gasteiger partial charge in [0.15, 0.2) is 5.96 Å². The second kappa shape index (κ2) is 10.5. The highest BCUT2D eigenvalue weighted by Gasteiger charge is 2.24. The van der Waals surface area contributed by atoms with E-state index in [-0.39, 0.29) is 30.0 Å². The second-order valence-corrected chi connectivity index (χ2v) is 8.34. The monoisotopic (exact) mass is 523 g/mol. The lowest BCUT2D eigenvalue weighted by Gasteiger charge is -2.32. The van der Waals surface area contributed by atoms with Gasteiger partial charge in [-0.15, -0.1) is 24.0 Å². The highest BCUT2D eigenvalue weighted by Crippen LogP contribution is 2.24. The molecule has 2 aliphatic rings. The van der Waals surface area contributed by atoms with Gasteiger partial charge in [-0.2, -0.15) is 5.10 Å². The predicted octanol–water partition coefficient (Wildman–Crippen LogP) is 3.64. The van der Waals surface area contributed by atoms with Crippen molar-refractivity contribution in [1.29, 1.82) is 0 Å². The molecule has 0 amide bonds. The zero-order valence-electron chi connectivity index (χ0n) is 18.3. The van der Waals surface area contributed by atoms with Crippen LogP contribution in [0.4, 0.5) is 5.69 Å². The highest BCUT2D eigenvalue weighted by atomic mass is 127. The topological polar surface area (TPSA) is 70.4 Å².